The van der Waals surface area contributed by atoms with E-state index in [0.717, 1.165) is 0 Å². The van der Waals surface area contributed by atoms with E-state index in [1.165, 1.54) is 6.33 Å². The first-order chi connectivity index (χ1) is 9.08. The maximum Gasteiger partial charge on any atom is 0.257 e. The van der Waals surface area contributed by atoms with Crippen LogP contribution in [0.2, 0.25) is 0 Å². The minimum atomic E-state index is -1.24. The number of benzene rings is 1. The van der Waals surface area contributed by atoms with Crippen LogP contribution in [0.4, 0.5) is 13.2 Å². The van der Waals surface area contributed by atoms with Crippen LogP contribution < -0.4 is 5.32 Å². The van der Waals surface area contributed by atoms with Gasteiger partial charge in [-0.25, -0.2) is 18.2 Å². The predicted molar refractivity (Wildman–Crippen MR) is 58.7 cm³/mol. The third-order valence-electron chi connectivity index (χ3n) is 2.35. The van der Waals surface area contributed by atoms with E-state index in [1.54, 1.807) is 0 Å². The van der Waals surface area contributed by atoms with Gasteiger partial charge in [-0.05, 0) is 0 Å². The summed E-state index contributed by atoms with van der Waals surface area (Å²) < 4.78 is 39.3. The molecular weight excluding hydrogens is 261 g/mol. The highest BCUT2D eigenvalue weighted by atomic mass is 19.1. The van der Waals surface area contributed by atoms with Crippen molar-refractivity contribution in [3.05, 3.63) is 47.3 Å². The lowest BCUT2D eigenvalue weighted by molar-refractivity contribution is 0.0945. The van der Waals surface area contributed by atoms with Crippen molar-refractivity contribution in [3.63, 3.8) is 0 Å². The quantitative estimate of drug-likeness (QED) is 0.876. The van der Waals surface area contributed by atoms with Crippen LogP contribution in [0, 0.1) is 17.5 Å². The van der Waals surface area contributed by atoms with Crippen LogP contribution in [0.5, 0.6) is 0 Å². The predicted octanol–water partition coefficient (Wildman–Crippen LogP) is 1.19. The minimum Gasteiger partial charge on any atom is -0.351 e. The number of rotatable bonds is 4. The Bertz CT molecular complexity index is 563. The van der Waals surface area contributed by atoms with Gasteiger partial charge in [0.1, 0.15) is 35.2 Å². The average molecular weight is 270 g/mol. The third-order valence-corrected chi connectivity index (χ3v) is 2.35. The molecule has 2 N–H and O–H groups in total. The van der Waals surface area contributed by atoms with Gasteiger partial charge >= 0.3 is 0 Å². The lowest BCUT2D eigenvalue weighted by Gasteiger charge is -2.06. The second-order valence-electron chi connectivity index (χ2n) is 3.68. The van der Waals surface area contributed by atoms with Gasteiger partial charge in [0.15, 0.2) is 0 Å². The van der Waals surface area contributed by atoms with E-state index in [2.05, 4.69) is 20.5 Å². The summed E-state index contributed by atoms with van der Waals surface area (Å²) in [5.41, 5.74) is -0.807. The zero-order valence-corrected chi connectivity index (χ0v) is 9.58. The molecule has 0 radical (unpaired) electrons. The van der Waals surface area contributed by atoms with E-state index in [-0.39, 0.29) is 6.54 Å². The summed E-state index contributed by atoms with van der Waals surface area (Å²) in [6.45, 7) is 0.115. The smallest absolute Gasteiger partial charge is 0.257 e. The van der Waals surface area contributed by atoms with Gasteiger partial charge in [-0.1, -0.05) is 0 Å². The number of nitrogens with one attached hydrogen (secondary N) is 2. The molecule has 5 nitrogen and oxygen atoms in total. The Kier molecular flexibility index (Phi) is 3.79. The summed E-state index contributed by atoms with van der Waals surface area (Å²) in [6, 6.07) is 0.906. The van der Waals surface area contributed by atoms with E-state index < -0.39 is 28.9 Å². The number of hydrogen-bond donors (Lipinski definition) is 2. The van der Waals surface area contributed by atoms with Crippen LogP contribution in [0.3, 0.4) is 0 Å². The first kappa shape index (κ1) is 13.1. The van der Waals surface area contributed by atoms with Crippen molar-refractivity contribution in [2.75, 3.05) is 6.54 Å². The van der Waals surface area contributed by atoms with Gasteiger partial charge in [-0.3, -0.25) is 9.89 Å². The molecule has 1 aromatic heterocycles. The van der Waals surface area contributed by atoms with Crippen LogP contribution in [-0.4, -0.2) is 27.6 Å². The van der Waals surface area contributed by atoms with Gasteiger partial charge in [0.25, 0.3) is 5.91 Å². The van der Waals surface area contributed by atoms with Crippen LogP contribution in [0.1, 0.15) is 16.2 Å². The Morgan fingerprint density at radius 3 is 2.53 bits per heavy atom. The van der Waals surface area contributed by atoms with Gasteiger partial charge in [0, 0.05) is 25.1 Å². The van der Waals surface area contributed by atoms with Crippen molar-refractivity contribution < 1.29 is 18.0 Å². The first-order valence-electron chi connectivity index (χ1n) is 5.35. The second-order valence-corrected chi connectivity index (χ2v) is 3.68. The number of aromatic nitrogens is 3. The minimum absolute atomic E-state index is 0.115. The number of hydrogen-bond acceptors (Lipinski definition) is 3. The fourth-order valence-electron chi connectivity index (χ4n) is 1.49. The Balaban J connectivity index is 2.00. The van der Waals surface area contributed by atoms with Crippen LogP contribution in [-0.2, 0) is 6.42 Å². The zero-order chi connectivity index (χ0) is 13.8. The maximum absolute atomic E-state index is 13.3. The molecule has 0 saturated carbocycles. The molecule has 0 bridgehead atoms. The van der Waals surface area contributed by atoms with E-state index in [4.69, 9.17) is 0 Å². The normalized spacial score (nSPS) is 10.5. The molecule has 1 amide bonds. The lowest BCUT2D eigenvalue weighted by atomic mass is 10.1. The molecule has 19 heavy (non-hydrogen) atoms. The molecule has 0 aliphatic rings. The summed E-state index contributed by atoms with van der Waals surface area (Å²) >= 11 is 0. The Labute approximate surface area is 105 Å². The Morgan fingerprint density at radius 2 is 1.95 bits per heavy atom. The number of nitrogens with zero attached hydrogens (tertiary/aromatic N) is 2. The molecule has 0 atom stereocenters. The van der Waals surface area contributed by atoms with Gasteiger partial charge in [0.2, 0.25) is 0 Å². The van der Waals surface area contributed by atoms with Crippen LogP contribution >= 0.6 is 0 Å². The van der Waals surface area contributed by atoms with Crippen molar-refractivity contribution in [1.29, 1.82) is 0 Å². The van der Waals surface area contributed by atoms with Crippen molar-refractivity contribution in [2.24, 2.45) is 0 Å². The van der Waals surface area contributed by atoms with Crippen molar-refractivity contribution in [2.45, 2.75) is 6.42 Å². The molecule has 1 heterocycles. The number of aromatic amines is 1. The molecule has 2 aromatic rings. The highest BCUT2D eigenvalue weighted by Crippen LogP contribution is 2.14. The fourth-order valence-corrected chi connectivity index (χ4v) is 1.49. The molecule has 0 aliphatic heterocycles. The molecule has 0 spiro atoms. The van der Waals surface area contributed by atoms with Crippen molar-refractivity contribution >= 4 is 5.91 Å². The third kappa shape index (κ3) is 3.09. The van der Waals surface area contributed by atoms with Gasteiger partial charge in [-0.2, -0.15) is 5.10 Å². The number of amides is 1. The summed E-state index contributed by atoms with van der Waals surface area (Å²) in [7, 11) is 0. The molecule has 0 unspecified atom stereocenters. The fraction of sp³-hybridized carbons (Fsp3) is 0.182. The molecular formula is C11H9F3N4O. The van der Waals surface area contributed by atoms with Gasteiger partial charge in [-0.15, -0.1) is 0 Å². The summed E-state index contributed by atoms with van der Waals surface area (Å²) in [5, 5.41) is 8.49. The number of carbonyl (C=O) groups is 1. The average Bonchev–Trinajstić information content (AvgIpc) is 2.80. The SMILES string of the molecule is O=C(NCCc1ncn[nH]1)c1c(F)cc(F)cc1F. The summed E-state index contributed by atoms with van der Waals surface area (Å²) in [5.74, 6) is -3.98. The standard InChI is InChI=1S/C11H9F3N4O/c12-6-3-7(13)10(8(14)4-6)11(19)15-2-1-9-16-5-17-18-9/h3-5H,1-2H2,(H,15,19)(H,16,17,18). The van der Waals surface area contributed by atoms with Crippen LogP contribution in [0.25, 0.3) is 0 Å². The van der Waals surface area contributed by atoms with E-state index in [1.807, 2.05) is 0 Å². The molecule has 8 heteroatoms. The maximum atomic E-state index is 13.3. The first-order valence-corrected chi connectivity index (χ1v) is 5.35. The highest BCUT2D eigenvalue weighted by molar-refractivity contribution is 5.94. The Morgan fingerprint density at radius 1 is 1.26 bits per heavy atom. The number of carbonyl (C=O) groups excluding carboxylic acids is 1. The van der Waals surface area contributed by atoms with E-state index in [0.29, 0.717) is 24.4 Å². The Hall–Kier alpha value is -2.38. The summed E-state index contributed by atoms with van der Waals surface area (Å²) in [6.07, 6.45) is 1.63. The zero-order valence-electron chi connectivity index (χ0n) is 9.58. The lowest BCUT2D eigenvalue weighted by Crippen LogP contribution is -2.28. The number of H-pyrrole nitrogens is 1. The molecule has 0 fully saturated rings. The molecule has 1 aromatic carbocycles. The van der Waals surface area contributed by atoms with E-state index in [9.17, 15) is 18.0 Å². The second kappa shape index (κ2) is 5.51. The topological polar surface area (TPSA) is 70.7 Å². The molecule has 2 rings (SSSR count). The highest BCUT2D eigenvalue weighted by Gasteiger charge is 2.18. The van der Waals surface area contributed by atoms with Crippen molar-refractivity contribution in [3.8, 4) is 0 Å². The van der Waals surface area contributed by atoms with Crippen molar-refractivity contribution in [1.82, 2.24) is 20.5 Å². The monoisotopic (exact) mass is 270 g/mol. The van der Waals surface area contributed by atoms with E-state index >= 15 is 0 Å². The summed E-state index contributed by atoms with van der Waals surface area (Å²) in [4.78, 5) is 15.4. The van der Waals surface area contributed by atoms with Gasteiger partial charge in [0.05, 0.1) is 0 Å². The molecule has 0 saturated heterocycles. The molecule has 0 aliphatic carbocycles. The largest absolute Gasteiger partial charge is 0.351 e. The van der Waals surface area contributed by atoms with Gasteiger partial charge < -0.3 is 5.32 Å². The molecule has 100 valence electrons. The number of halogens is 3. The van der Waals surface area contributed by atoms with Crippen LogP contribution in [0.15, 0.2) is 18.5 Å².